The lowest BCUT2D eigenvalue weighted by Gasteiger charge is -2.15. The average Bonchev–Trinajstić information content (AvgIpc) is 2.31. The summed E-state index contributed by atoms with van der Waals surface area (Å²) in [6, 6.07) is 2.97. The van der Waals surface area contributed by atoms with Crippen molar-refractivity contribution >= 4 is 15.5 Å². The number of anilines is 1. The lowest BCUT2D eigenvalue weighted by Crippen LogP contribution is -2.27. The summed E-state index contributed by atoms with van der Waals surface area (Å²) < 4.78 is 24.5. The fourth-order valence-corrected chi connectivity index (χ4v) is 2.77. The second-order valence-electron chi connectivity index (χ2n) is 4.29. The predicted molar refractivity (Wildman–Crippen MR) is 73.8 cm³/mol. The predicted octanol–water partition coefficient (Wildman–Crippen LogP) is 1.10. The molecule has 18 heavy (non-hydrogen) atoms. The normalized spacial score (nSPS) is 13.3. The largest absolute Gasteiger partial charge is 0.380 e. The lowest BCUT2D eigenvalue weighted by molar-refractivity contribution is 0.593. The summed E-state index contributed by atoms with van der Waals surface area (Å²) in [4.78, 5) is 11.4. The molecule has 1 atom stereocenters. The Bertz CT molecular complexity index is 549. The van der Waals surface area contributed by atoms with Crippen molar-refractivity contribution in [3.8, 4) is 0 Å². The quantitative estimate of drug-likeness (QED) is 0.842. The zero-order chi connectivity index (χ0) is 13.8. The summed E-state index contributed by atoms with van der Waals surface area (Å²) in [5.41, 5.74) is 0.701. The van der Waals surface area contributed by atoms with Gasteiger partial charge in [-0.05, 0) is 19.9 Å². The van der Waals surface area contributed by atoms with Crippen LogP contribution in [-0.4, -0.2) is 30.5 Å². The number of pyridine rings is 1. The first-order chi connectivity index (χ1) is 8.38. The SMILES string of the molecule is CCn1cc(NC(C)CS(=O)(=O)CC)ccc1=O. The van der Waals surface area contributed by atoms with Gasteiger partial charge in [-0.1, -0.05) is 6.92 Å². The van der Waals surface area contributed by atoms with Gasteiger partial charge in [0.15, 0.2) is 9.84 Å². The molecular weight excluding hydrogens is 252 g/mol. The molecule has 0 saturated heterocycles. The van der Waals surface area contributed by atoms with Gasteiger partial charge in [0.1, 0.15) is 0 Å². The Kier molecular flexibility index (Phi) is 4.95. The van der Waals surface area contributed by atoms with Crippen LogP contribution in [0.2, 0.25) is 0 Å². The number of aryl methyl sites for hydroxylation is 1. The summed E-state index contributed by atoms with van der Waals surface area (Å²) in [6.45, 7) is 5.93. The van der Waals surface area contributed by atoms with Gasteiger partial charge in [-0.15, -0.1) is 0 Å². The van der Waals surface area contributed by atoms with Crippen molar-refractivity contribution in [3.63, 3.8) is 0 Å². The van der Waals surface area contributed by atoms with Crippen molar-refractivity contribution in [2.45, 2.75) is 33.4 Å². The first-order valence-electron chi connectivity index (χ1n) is 6.05. The van der Waals surface area contributed by atoms with Crippen molar-refractivity contribution in [1.29, 1.82) is 0 Å². The third-order valence-corrected chi connectivity index (χ3v) is 4.57. The third-order valence-electron chi connectivity index (χ3n) is 2.68. The summed E-state index contributed by atoms with van der Waals surface area (Å²) in [5, 5.41) is 3.10. The number of hydrogen-bond donors (Lipinski definition) is 1. The molecule has 1 aromatic rings. The Balaban J connectivity index is 2.76. The molecule has 1 N–H and O–H groups in total. The first-order valence-corrected chi connectivity index (χ1v) is 7.87. The number of nitrogens with zero attached hydrogens (tertiary/aromatic N) is 1. The van der Waals surface area contributed by atoms with E-state index < -0.39 is 9.84 Å². The zero-order valence-corrected chi connectivity index (χ0v) is 11.8. The molecule has 0 fully saturated rings. The lowest BCUT2D eigenvalue weighted by atomic mass is 10.3. The van der Waals surface area contributed by atoms with E-state index in [1.807, 2.05) is 13.8 Å². The molecule has 0 spiro atoms. The summed E-state index contributed by atoms with van der Waals surface area (Å²) >= 11 is 0. The van der Waals surface area contributed by atoms with Crippen LogP contribution >= 0.6 is 0 Å². The Morgan fingerprint density at radius 2 is 2.00 bits per heavy atom. The van der Waals surface area contributed by atoms with E-state index in [0.717, 1.165) is 5.69 Å². The standard InChI is InChI=1S/C12H20N2O3S/c1-4-14-8-11(6-7-12(14)15)13-10(3)9-18(16,17)5-2/h6-8,10,13H,4-5,9H2,1-3H3. The molecule has 0 radical (unpaired) electrons. The van der Waals surface area contributed by atoms with Crippen LogP contribution in [0.4, 0.5) is 5.69 Å². The Morgan fingerprint density at radius 3 is 2.56 bits per heavy atom. The van der Waals surface area contributed by atoms with Crippen molar-refractivity contribution in [2.24, 2.45) is 0 Å². The highest BCUT2D eigenvalue weighted by Crippen LogP contribution is 2.07. The van der Waals surface area contributed by atoms with Gasteiger partial charge in [-0.2, -0.15) is 0 Å². The first kappa shape index (κ1) is 14.8. The van der Waals surface area contributed by atoms with E-state index >= 15 is 0 Å². The van der Waals surface area contributed by atoms with E-state index in [-0.39, 0.29) is 23.1 Å². The number of hydrogen-bond acceptors (Lipinski definition) is 4. The number of nitrogens with one attached hydrogen (secondary N) is 1. The molecule has 1 aromatic heterocycles. The van der Waals surface area contributed by atoms with Crippen LogP contribution in [0.3, 0.4) is 0 Å². The molecule has 102 valence electrons. The van der Waals surface area contributed by atoms with E-state index in [0.29, 0.717) is 6.54 Å². The zero-order valence-electron chi connectivity index (χ0n) is 11.0. The van der Waals surface area contributed by atoms with Crippen molar-refractivity contribution in [1.82, 2.24) is 4.57 Å². The minimum Gasteiger partial charge on any atom is -0.380 e. The van der Waals surface area contributed by atoms with Crippen LogP contribution in [0.25, 0.3) is 0 Å². The molecular formula is C12H20N2O3S. The summed E-state index contributed by atoms with van der Waals surface area (Å²) in [5.74, 6) is 0.238. The van der Waals surface area contributed by atoms with E-state index in [9.17, 15) is 13.2 Å². The molecule has 0 bridgehead atoms. The Labute approximate surface area is 108 Å². The Hall–Kier alpha value is -1.30. The summed E-state index contributed by atoms with van der Waals surface area (Å²) in [7, 11) is -2.99. The van der Waals surface area contributed by atoms with Gasteiger partial charge in [0.2, 0.25) is 0 Å². The van der Waals surface area contributed by atoms with Gasteiger partial charge in [0, 0.05) is 30.6 Å². The second kappa shape index (κ2) is 6.04. The van der Waals surface area contributed by atoms with E-state index in [2.05, 4.69) is 5.32 Å². The van der Waals surface area contributed by atoms with Crippen molar-refractivity contribution in [2.75, 3.05) is 16.8 Å². The molecule has 0 aliphatic rings. The fraction of sp³-hybridized carbons (Fsp3) is 0.583. The highest BCUT2D eigenvalue weighted by atomic mass is 32.2. The molecule has 1 heterocycles. The van der Waals surface area contributed by atoms with Gasteiger partial charge >= 0.3 is 0 Å². The maximum atomic E-state index is 11.5. The summed E-state index contributed by atoms with van der Waals surface area (Å²) in [6.07, 6.45) is 1.71. The molecule has 0 aromatic carbocycles. The molecule has 0 amide bonds. The molecule has 0 saturated carbocycles. The van der Waals surface area contributed by atoms with Gasteiger partial charge < -0.3 is 9.88 Å². The maximum Gasteiger partial charge on any atom is 0.250 e. The molecule has 0 aliphatic carbocycles. The van der Waals surface area contributed by atoms with E-state index in [1.165, 1.54) is 6.07 Å². The minimum atomic E-state index is -2.99. The fourth-order valence-electron chi connectivity index (χ4n) is 1.69. The third kappa shape index (κ3) is 4.18. The van der Waals surface area contributed by atoms with Crippen LogP contribution in [0, 0.1) is 0 Å². The Morgan fingerprint density at radius 1 is 1.33 bits per heavy atom. The molecule has 0 aliphatic heterocycles. The highest BCUT2D eigenvalue weighted by molar-refractivity contribution is 7.91. The highest BCUT2D eigenvalue weighted by Gasteiger charge is 2.13. The van der Waals surface area contributed by atoms with E-state index in [4.69, 9.17) is 0 Å². The van der Waals surface area contributed by atoms with Crippen LogP contribution in [-0.2, 0) is 16.4 Å². The molecule has 1 rings (SSSR count). The minimum absolute atomic E-state index is 0.0584. The molecule has 5 nitrogen and oxygen atoms in total. The maximum absolute atomic E-state index is 11.5. The van der Waals surface area contributed by atoms with Gasteiger partial charge in [0.25, 0.3) is 5.56 Å². The van der Waals surface area contributed by atoms with Gasteiger partial charge in [-0.3, -0.25) is 4.79 Å². The number of sulfone groups is 1. The second-order valence-corrected chi connectivity index (χ2v) is 6.68. The van der Waals surface area contributed by atoms with Crippen molar-refractivity contribution in [3.05, 3.63) is 28.7 Å². The van der Waals surface area contributed by atoms with Crippen LogP contribution in [0.1, 0.15) is 20.8 Å². The van der Waals surface area contributed by atoms with Crippen LogP contribution < -0.4 is 10.9 Å². The topological polar surface area (TPSA) is 68.2 Å². The van der Waals surface area contributed by atoms with Crippen LogP contribution in [0.15, 0.2) is 23.1 Å². The van der Waals surface area contributed by atoms with E-state index in [1.54, 1.807) is 23.8 Å². The number of aromatic nitrogens is 1. The average molecular weight is 272 g/mol. The smallest absolute Gasteiger partial charge is 0.250 e. The van der Waals surface area contributed by atoms with Crippen LogP contribution in [0.5, 0.6) is 0 Å². The molecule has 6 heteroatoms. The van der Waals surface area contributed by atoms with Gasteiger partial charge in [0.05, 0.1) is 11.4 Å². The monoisotopic (exact) mass is 272 g/mol. The molecule has 1 unspecified atom stereocenters. The van der Waals surface area contributed by atoms with Crippen molar-refractivity contribution < 1.29 is 8.42 Å². The number of rotatable bonds is 6. The van der Waals surface area contributed by atoms with Gasteiger partial charge in [-0.25, -0.2) is 8.42 Å².